The highest BCUT2D eigenvalue weighted by atomic mass is 32.2. The van der Waals surface area contributed by atoms with Crippen LogP contribution in [0.4, 0.5) is 0 Å². The summed E-state index contributed by atoms with van der Waals surface area (Å²) in [5.74, 6) is 1.84. The zero-order chi connectivity index (χ0) is 17.8. The van der Waals surface area contributed by atoms with Crippen LogP contribution in [-0.4, -0.2) is 43.4 Å². The highest BCUT2D eigenvalue weighted by Gasteiger charge is 2.32. The summed E-state index contributed by atoms with van der Waals surface area (Å²) in [6.45, 7) is 9.45. The number of carbonyl (C=O) groups is 1. The van der Waals surface area contributed by atoms with Crippen LogP contribution in [0.2, 0.25) is 0 Å². The summed E-state index contributed by atoms with van der Waals surface area (Å²) < 4.78 is 2.13. The van der Waals surface area contributed by atoms with Crippen LogP contribution in [0.3, 0.4) is 0 Å². The average Bonchev–Trinajstić information content (AvgIpc) is 3.40. The maximum atomic E-state index is 13.0. The summed E-state index contributed by atoms with van der Waals surface area (Å²) in [5, 5.41) is 9.47. The molecule has 1 aromatic heterocycles. The largest absolute Gasteiger partial charge is 0.339 e. The van der Waals surface area contributed by atoms with Gasteiger partial charge in [0.15, 0.2) is 5.16 Å². The van der Waals surface area contributed by atoms with Gasteiger partial charge in [0.2, 0.25) is 5.91 Å². The van der Waals surface area contributed by atoms with Gasteiger partial charge in [-0.15, -0.1) is 16.8 Å². The molecule has 1 aromatic rings. The fourth-order valence-corrected chi connectivity index (χ4v) is 4.70. The molecule has 25 heavy (non-hydrogen) atoms. The van der Waals surface area contributed by atoms with E-state index in [1.54, 1.807) is 11.8 Å². The zero-order valence-electron chi connectivity index (χ0n) is 15.5. The first kappa shape index (κ1) is 18.5. The van der Waals surface area contributed by atoms with E-state index in [0.29, 0.717) is 18.5 Å². The van der Waals surface area contributed by atoms with E-state index in [2.05, 4.69) is 33.2 Å². The maximum absolute atomic E-state index is 13.0. The van der Waals surface area contributed by atoms with Gasteiger partial charge >= 0.3 is 0 Å². The zero-order valence-corrected chi connectivity index (χ0v) is 16.3. The SMILES string of the molecule is C=CCn1c(SC(C)C(=O)N(CC)C2CCCCC2)nnc1C1CC1. The number of carbonyl (C=O) groups excluding carboxylic acids is 1. The van der Waals surface area contributed by atoms with Crippen molar-refractivity contribution in [3.63, 3.8) is 0 Å². The van der Waals surface area contributed by atoms with Crippen LogP contribution in [0.5, 0.6) is 0 Å². The number of thioether (sulfide) groups is 1. The molecule has 3 rings (SSSR count). The second-order valence-electron chi connectivity index (χ2n) is 7.19. The van der Waals surface area contributed by atoms with Crippen molar-refractivity contribution in [2.75, 3.05) is 6.54 Å². The van der Waals surface area contributed by atoms with E-state index in [1.165, 1.54) is 32.1 Å². The van der Waals surface area contributed by atoms with Crippen molar-refractivity contribution in [1.29, 1.82) is 0 Å². The monoisotopic (exact) mass is 362 g/mol. The molecule has 2 aliphatic carbocycles. The molecule has 2 aliphatic rings. The van der Waals surface area contributed by atoms with E-state index in [1.807, 2.05) is 13.0 Å². The minimum atomic E-state index is -0.137. The predicted molar refractivity (Wildman–Crippen MR) is 102 cm³/mol. The number of amides is 1. The van der Waals surface area contributed by atoms with Gasteiger partial charge in [0, 0.05) is 25.0 Å². The van der Waals surface area contributed by atoms with E-state index in [4.69, 9.17) is 0 Å². The molecule has 0 aliphatic heterocycles. The predicted octanol–water partition coefficient (Wildman–Crippen LogP) is 4.00. The number of rotatable bonds is 8. The Balaban J connectivity index is 1.69. The normalized spacial score (nSPS) is 19.6. The number of aromatic nitrogens is 3. The molecule has 1 atom stereocenters. The van der Waals surface area contributed by atoms with E-state index < -0.39 is 0 Å². The van der Waals surface area contributed by atoms with Crippen molar-refractivity contribution in [2.24, 2.45) is 0 Å². The third-order valence-corrected chi connectivity index (χ3v) is 6.34. The lowest BCUT2D eigenvalue weighted by molar-refractivity contribution is -0.133. The molecule has 138 valence electrons. The Morgan fingerprint density at radius 1 is 1.32 bits per heavy atom. The smallest absolute Gasteiger partial charge is 0.236 e. The molecule has 0 N–H and O–H groups in total. The minimum absolute atomic E-state index is 0.137. The van der Waals surface area contributed by atoms with Gasteiger partial charge in [-0.05, 0) is 39.5 Å². The van der Waals surface area contributed by atoms with Crippen molar-refractivity contribution in [3.8, 4) is 0 Å². The molecular weight excluding hydrogens is 332 g/mol. The van der Waals surface area contributed by atoms with Crippen molar-refractivity contribution in [2.45, 2.75) is 87.7 Å². The van der Waals surface area contributed by atoms with Crippen LogP contribution in [0.15, 0.2) is 17.8 Å². The van der Waals surface area contributed by atoms with Gasteiger partial charge in [0.1, 0.15) is 5.82 Å². The molecule has 1 unspecified atom stereocenters. The molecule has 6 heteroatoms. The van der Waals surface area contributed by atoms with Crippen LogP contribution in [0, 0.1) is 0 Å². The number of nitrogens with zero attached hydrogens (tertiary/aromatic N) is 4. The highest BCUT2D eigenvalue weighted by molar-refractivity contribution is 8.00. The van der Waals surface area contributed by atoms with Crippen molar-refractivity contribution >= 4 is 17.7 Å². The van der Waals surface area contributed by atoms with Crippen molar-refractivity contribution in [1.82, 2.24) is 19.7 Å². The molecule has 1 heterocycles. The molecule has 2 saturated carbocycles. The van der Waals surface area contributed by atoms with Crippen LogP contribution >= 0.6 is 11.8 Å². The maximum Gasteiger partial charge on any atom is 0.236 e. The number of allylic oxidation sites excluding steroid dienone is 1. The standard InChI is InChI=1S/C19H30N4OS/c1-4-13-23-17(15-11-12-15)20-21-19(23)25-14(3)18(24)22(5-2)16-9-7-6-8-10-16/h4,14-16H,1,5-13H2,2-3H3. The number of hydrogen-bond acceptors (Lipinski definition) is 4. The first-order valence-corrected chi connectivity index (χ1v) is 10.5. The van der Waals surface area contributed by atoms with Crippen LogP contribution < -0.4 is 0 Å². The van der Waals surface area contributed by atoms with Crippen LogP contribution in [0.25, 0.3) is 0 Å². The lowest BCUT2D eigenvalue weighted by Gasteiger charge is -2.35. The van der Waals surface area contributed by atoms with Gasteiger partial charge in [0.25, 0.3) is 0 Å². The summed E-state index contributed by atoms with van der Waals surface area (Å²) >= 11 is 1.54. The van der Waals surface area contributed by atoms with Gasteiger partial charge < -0.3 is 9.47 Å². The third-order valence-electron chi connectivity index (χ3n) is 5.27. The Labute approximate surface area is 155 Å². The van der Waals surface area contributed by atoms with Gasteiger partial charge in [0.05, 0.1) is 5.25 Å². The Bertz CT molecular complexity index is 605. The first-order valence-electron chi connectivity index (χ1n) is 9.66. The van der Waals surface area contributed by atoms with Crippen LogP contribution in [0.1, 0.15) is 70.5 Å². The fraction of sp³-hybridized carbons (Fsp3) is 0.737. The molecular formula is C19H30N4OS. The van der Waals surface area contributed by atoms with E-state index in [0.717, 1.165) is 30.4 Å². The summed E-state index contributed by atoms with van der Waals surface area (Å²) in [7, 11) is 0. The minimum Gasteiger partial charge on any atom is -0.339 e. The summed E-state index contributed by atoms with van der Waals surface area (Å²) in [5.41, 5.74) is 0. The Morgan fingerprint density at radius 3 is 2.64 bits per heavy atom. The van der Waals surface area contributed by atoms with Crippen LogP contribution in [-0.2, 0) is 11.3 Å². The molecule has 2 fully saturated rings. The van der Waals surface area contributed by atoms with Gasteiger partial charge in [-0.2, -0.15) is 0 Å². The third kappa shape index (κ3) is 4.27. The second-order valence-corrected chi connectivity index (χ2v) is 8.50. The quantitative estimate of drug-likeness (QED) is 0.518. The second kappa shape index (κ2) is 8.39. The Kier molecular flexibility index (Phi) is 6.20. The molecule has 0 aromatic carbocycles. The highest BCUT2D eigenvalue weighted by Crippen LogP contribution is 2.40. The van der Waals surface area contributed by atoms with Gasteiger partial charge in [-0.1, -0.05) is 37.1 Å². The molecule has 1 amide bonds. The first-order chi connectivity index (χ1) is 12.2. The number of hydrogen-bond donors (Lipinski definition) is 0. The average molecular weight is 363 g/mol. The molecule has 0 radical (unpaired) electrons. The molecule has 0 saturated heterocycles. The van der Waals surface area contributed by atoms with E-state index >= 15 is 0 Å². The Hall–Kier alpha value is -1.30. The Morgan fingerprint density at radius 2 is 2.04 bits per heavy atom. The molecule has 0 bridgehead atoms. The van der Waals surface area contributed by atoms with E-state index in [9.17, 15) is 4.79 Å². The molecule has 0 spiro atoms. The van der Waals surface area contributed by atoms with Gasteiger partial charge in [-0.25, -0.2) is 0 Å². The van der Waals surface area contributed by atoms with Crippen molar-refractivity contribution in [3.05, 3.63) is 18.5 Å². The summed E-state index contributed by atoms with van der Waals surface area (Å²) in [6.07, 6.45) is 10.4. The summed E-state index contributed by atoms with van der Waals surface area (Å²) in [4.78, 5) is 15.1. The summed E-state index contributed by atoms with van der Waals surface area (Å²) in [6, 6.07) is 0.419. The fourth-order valence-electron chi connectivity index (χ4n) is 3.76. The lowest BCUT2D eigenvalue weighted by atomic mass is 9.94. The lowest BCUT2D eigenvalue weighted by Crippen LogP contribution is -2.44. The van der Waals surface area contributed by atoms with Gasteiger partial charge in [-0.3, -0.25) is 4.79 Å². The van der Waals surface area contributed by atoms with E-state index in [-0.39, 0.29) is 11.2 Å². The van der Waals surface area contributed by atoms with Crippen molar-refractivity contribution < 1.29 is 4.79 Å². The topological polar surface area (TPSA) is 51.0 Å². The molecule has 5 nitrogen and oxygen atoms in total.